The SMILES string of the molecule is C/C=C/C1SS1. The van der Waals surface area contributed by atoms with Crippen molar-refractivity contribution in [1.82, 2.24) is 0 Å². The summed E-state index contributed by atoms with van der Waals surface area (Å²) in [6, 6.07) is 0. The smallest absolute Gasteiger partial charge is 0.0890 e. The van der Waals surface area contributed by atoms with Gasteiger partial charge in [-0.15, -0.1) is 0 Å². The lowest BCUT2D eigenvalue weighted by molar-refractivity contribution is 1.63. The molecule has 1 fully saturated rings. The number of hydrogen-bond acceptors (Lipinski definition) is 2. The van der Waals surface area contributed by atoms with Gasteiger partial charge in [0.15, 0.2) is 0 Å². The maximum atomic E-state index is 2.20. The summed E-state index contributed by atoms with van der Waals surface area (Å²) in [6.07, 6.45) is 4.30. The van der Waals surface area contributed by atoms with E-state index < -0.39 is 0 Å². The molecular weight excluding hydrogens is 112 g/mol. The largest absolute Gasteiger partial charge is 0.0897 e. The fourth-order valence-electron chi connectivity index (χ4n) is 0.253. The fraction of sp³-hybridized carbons (Fsp3) is 0.500. The second-order valence-corrected chi connectivity index (χ2v) is 3.94. The molecule has 0 saturated carbocycles. The predicted molar refractivity (Wildman–Crippen MR) is 33.8 cm³/mol. The minimum Gasteiger partial charge on any atom is -0.0897 e. The van der Waals surface area contributed by atoms with Crippen molar-refractivity contribution >= 4 is 21.6 Å². The maximum absolute atomic E-state index is 2.20. The van der Waals surface area contributed by atoms with Crippen molar-refractivity contribution in [2.24, 2.45) is 0 Å². The Hall–Kier alpha value is 0.440. The van der Waals surface area contributed by atoms with Crippen LogP contribution in [0, 0.1) is 0 Å². The van der Waals surface area contributed by atoms with Gasteiger partial charge < -0.3 is 0 Å². The van der Waals surface area contributed by atoms with Crippen LogP contribution in [0.4, 0.5) is 0 Å². The minimum atomic E-state index is 0.801. The Morgan fingerprint density at radius 2 is 2.17 bits per heavy atom. The van der Waals surface area contributed by atoms with Gasteiger partial charge in [-0.25, -0.2) is 0 Å². The second-order valence-electron chi connectivity index (χ2n) is 1.09. The third-order valence-corrected chi connectivity index (χ3v) is 2.53. The molecule has 34 valence electrons. The van der Waals surface area contributed by atoms with Crippen molar-refractivity contribution in [3.8, 4) is 0 Å². The van der Waals surface area contributed by atoms with Crippen LogP contribution in [0.25, 0.3) is 0 Å². The van der Waals surface area contributed by atoms with Crippen LogP contribution in [0.5, 0.6) is 0 Å². The monoisotopic (exact) mass is 118 g/mol. The van der Waals surface area contributed by atoms with Crippen LogP contribution in [0.1, 0.15) is 6.92 Å². The van der Waals surface area contributed by atoms with E-state index in [2.05, 4.69) is 19.1 Å². The molecule has 1 rings (SSSR count). The highest BCUT2D eigenvalue weighted by atomic mass is 33.2. The normalized spacial score (nSPS) is 22.8. The molecule has 0 N–H and O–H groups in total. The maximum Gasteiger partial charge on any atom is 0.0890 e. The van der Waals surface area contributed by atoms with Crippen LogP contribution in [-0.4, -0.2) is 4.58 Å². The van der Waals surface area contributed by atoms with Crippen LogP contribution in [0.2, 0.25) is 0 Å². The zero-order valence-corrected chi connectivity index (χ0v) is 5.18. The van der Waals surface area contributed by atoms with Crippen molar-refractivity contribution < 1.29 is 0 Å². The molecule has 0 nitrogen and oxygen atoms in total. The molecule has 0 aromatic rings. The van der Waals surface area contributed by atoms with Gasteiger partial charge in [-0.05, 0) is 6.92 Å². The summed E-state index contributed by atoms with van der Waals surface area (Å²) in [6.45, 7) is 2.06. The molecule has 1 aliphatic heterocycles. The third-order valence-electron chi connectivity index (χ3n) is 0.557. The van der Waals surface area contributed by atoms with Crippen molar-refractivity contribution in [3.05, 3.63) is 12.2 Å². The van der Waals surface area contributed by atoms with Gasteiger partial charge in [-0.2, -0.15) is 0 Å². The summed E-state index contributed by atoms with van der Waals surface area (Å²) in [5, 5.41) is 0. The molecule has 1 heterocycles. The first-order valence-corrected chi connectivity index (χ1v) is 4.16. The lowest BCUT2D eigenvalue weighted by Crippen LogP contribution is -1.59. The Kier molecular flexibility index (Phi) is 1.48. The molecular formula is C4H6S2. The molecule has 2 heteroatoms. The molecule has 0 aromatic carbocycles. The van der Waals surface area contributed by atoms with Crippen LogP contribution in [-0.2, 0) is 0 Å². The first kappa shape index (κ1) is 4.60. The van der Waals surface area contributed by atoms with Crippen LogP contribution in [0.15, 0.2) is 12.2 Å². The average Bonchev–Trinajstić information content (AvgIpc) is 2.21. The summed E-state index contributed by atoms with van der Waals surface area (Å²) < 4.78 is 0.801. The highest BCUT2D eigenvalue weighted by Gasteiger charge is 2.19. The molecule has 1 saturated heterocycles. The molecule has 0 atom stereocenters. The first-order valence-electron chi connectivity index (χ1n) is 1.88. The molecule has 0 aromatic heterocycles. The predicted octanol–water partition coefficient (Wildman–Crippen LogP) is 2.28. The van der Waals surface area contributed by atoms with Gasteiger partial charge in [-0.1, -0.05) is 33.7 Å². The van der Waals surface area contributed by atoms with E-state index in [-0.39, 0.29) is 0 Å². The molecule has 0 radical (unpaired) electrons. The van der Waals surface area contributed by atoms with Gasteiger partial charge in [0, 0.05) is 0 Å². The van der Waals surface area contributed by atoms with Gasteiger partial charge in [0.25, 0.3) is 0 Å². The van der Waals surface area contributed by atoms with Crippen molar-refractivity contribution in [2.45, 2.75) is 11.5 Å². The Balaban J connectivity index is 2.15. The minimum absolute atomic E-state index is 0.801. The van der Waals surface area contributed by atoms with Crippen LogP contribution in [0.3, 0.4) is 0 Å². The summed E-state index contributed by atoms with van der Waals surface area (Å²) in [4.78, 5) is 0. The van der Waals surface area contributed by atoms with Gasteiger partial charge in [0.05, 0.1) is 4.58 Å². The average molecular weight is 118 g/mol. The quantitative estimate of drug-likeness (QED) is 0.294. The second kappa shape index (κ2) is 1.94. The van der Waals surface area contributed by atoms with Crippen molar-refractivity contribution in [1.29, 1.82) is 0 Å². The number of rotatable bonds is 1. The van der Waals surface area contributed by atoms with Gasteiger partial charge >= 0.3 is 0 Å². The summed E-state index contributed by atoms with van der Waals surface area (Å²) in [5.41, 5.74) is 0. The zero-order chi connectivity index (χ0) is 4.41. The highest BCUT2D eigenvalue weighted by Crippen LogP contribution is 2.53. The Morgan fingerprint density at radius 3 is 2.33 bits per heavy atom. The standard InChI is InChI=1S/C4H6S2/c1-2-3-4-5-6-4/h2-4H,1H3/b3-2+. The van der Waals surface area contributed by atoms with E-state index in [1.54, 1.807) is 0 Å². The number of allylic oxidation sites excluding steroid dienone is 1. The number of hydrogen-bond donors (Lipinski definition) is 0. The van der Waals surface area contributed by atoms with Crippen molar-refractivity contribution in [2.75, 3.05) is 0 Å². The van der Waals surface area contributed by atoms with Crippen LogP contribution >= 0.6 is 21.6 Å². The Bertz CT molecular complexity index is 63.9. The summed E-state index contributed by atoms with van der Waals surface area (Å²) in [7, 11) is 3.85. The molecule has 0 spiro atoms. The molecule has 0 unspecified atom stereocenters. The van der Waals surface area contributed by atoms with E-state index in [1.165, 1.54) is 0 Å². The lowest BCUT2D eigenvalue weighted by Gasteiger charge is -1.65. The van der Waals surface area contributed by atoms with E-state index in [4.69, 9.17) is 0 Å². The van der Waals surface area contributed by atoms with Gasteiger partial charge in [0.2, 0.25) is 0 Å². The lowest BCUT2D eigenvalue weighted by atomic mass is 10.6. The van der Waals surface area contributed by atoms with Gasteiger partial charge in [-0.3, -0.25) is 0 Å². The summed E-state index contributed by atoms with van der Waals surface area (Å²) >= 11 is 0. The summed E-state index contributed by atoms with van der Waals surface area (Å²) in [5.74, 6) is 0. The van der Waals surface area contributed by atoms with E-state index in [0.717, 1.165) is 4.58 Å². The van der Waals surface area contributed by atoms with Crippen molar-refractivity contribution in [3.63, 3.8) is 0 Å². The molecule has 1 aliphatic rings. The molecule has 0 bridgehead atoms. The molecule has 0 aliphatic carbocycles. The topological polar surface area (TPSA) is 0 Å². The van der Waals surface area contributed by atoms with E-state index in [0.29, 0.717) is 0 Å². The zero-order valence-electron chi connectivity index (χ0n) is 3.55. The fourth-order valence-corrected chi connectivity index (χ4v) is 1.34. The Morgan fingerprint density at radius 1 is 1.50 bits per heavy atom. The van der Waals surface area contributed by atoms with E-state index >= 15 is 0 Å². The molecule has 0 amide bonds. The first-order chi connectivity index (χ1) is 2.93. The third kappa shape index (κ3) is 1.27. The van der Waals surface area contributed by atoms with E-state index in [9.17, 15) is 0 Å². The highest BCUT2D eigenvalue weighted by molar-refractivity contribution is 8.92. The van der Waals surface area contributed by atoms with Gasteiger partial charge in [0.1, 0.15) is 0 Å². The van der Waals surface area contributed by atoms with E-state index in [1.807, 2.05) is 21.6 Å². The Labute approximate surface area is 45.8 Å². The molecule has 6 heavy (non-hydrogen) atoms. The van der Waals surface area contributed by atoms with Crippen LogP contribution < -0.4 is 0 Å².